The number of phosphoric ester groups is 1. The predicted molar refractivity (Wildman–Crippen MR) is 252 cm³/mol. The first kappa shape index (κ1) is 56.7. The van der Waals surface area contributed by atoms with E-state index in [9.17, 15) is 24.2 Å². The summed E-state index contributed by atoms with van der Waals surface area (Å²) in [7, 11) is 1.37. The Balaban J connectivity index is 2.40. The Morgan fingerprint density at radius 3 is 1.94 bits per heavy atom. The van der Waals surface area contributed by atoms with Gasteiger partial charge in [-0.2, -0.15) is 0 Å². The average Bonchev–Trinajstić information content (AvgIpc) is 3.48. The summed E-state index contributed by atoms with van der Waals surface area (Å²) in [4.78, 5) is 35.5. The van der Waals surface area contributed by atoms with Gasteiger partial charge in [0.15, 0.2) is 6.10 Å². The molecule has 0 aromatic carbocycles. The molecule has 3 atom stereocenters. The highest BCUT2D eigenvalue weighted by Crippen LogP contribution is 2.43. The molecular weight excluding hydrogens is 806 g/mol. The van der Waals surface area contributed by atoms with Crippen molar-refractivity contribution in [2.75, 3.05) is 47.5 Å². The molecule has 11 nitrogen and oxygen atoms in total. The Labute approximate surface area is 375 Å². The van der Waals surface area contributed by atoms with Gasteiger partial charge in [-0.15, -0.1) is 0 Å². The van der Waals surface area contributed by atoms with Gasteiger partial charge in [-0.25, -0.2) is 4.57 Å². The first-order valence-corrected chi connectivity index (χ1v) is 24.6. The number of hydrogen-bond donors (Lipinski definition) is 2. The van der Waals surface area contributed by atoms with E-state index < -0.39 is 38.6 Å². The van der Waals surface area contributed by atoms with Gasteiger partial charge in [0.1, 0.15) is 31.3 Å². The Bertz CT molecular complexity index is 1580. The van der Waals surface area contributed by atoms with Gasteiger partial charge in [0.25, 0.3) is 0 Å². The van der Waals surface area contributed by atoms with Crippen molar-refractivity contribution in [3.63, 3.8) is 0 Å². The van der Waals surface area contributed by atoms with E-state index in [1.54, 1.807) is 6.08 Å². The number of hydrogen-bond acceptors (Lipinski definition) is 9. The molecule has 0 radical (unpaired) electrons. The third kappa shape index (κ3) is 31.5. The van der Waals surface area contributed by atoms with Gasteiger partial charge in [-0.1, -0.05) is 125 Å². The predicted octanol–water partition coefficient (Wildman–Crippen LogP) is 11.6. The second-order valence-electron chi connectivity index (χ2n) is 16.8. The summed E-state index contributed by atoms with van der Waals surface area (Å²) in [5.41, 5.74) is 2.62. The Morgan fingerprint density at radius 2 is 1.31 bits per heavy atom. The molecule has 0 aliphatic heterocycles. The molecule has 0 amide bonds. The van der Waals surface area contributed by atoms with Crippen molar-refractivity contribution < 1.29 is 51.6 Å². The number of carbonyl (C=O) groups is 2. The number of phosphoric acid groups is 1. The number of aliphatic hydroxyl groups is 1. The van der Waals surface area contributed by atoms with Crippen molar-refractivity contribution in [2.45, 2.75) is 162 Å². The Morgan fingerprint density at radius 1 is 0.710 bits per heavy atom. The highest BCUT2D eigenvalue weighted by Gasteiger charge is 2.27. The molecule has 1 rings (SSSR count). The largest absolute Gasteiger partial charge is 0.472 e. The summed E-state index contributed by atoms with van der Waals surface area (Å²) in [6.45, 7) is 8.31. The minimum Gasteiger partial charge on any atom is -0.466 e. The molecule has 62 heavy (non-hydrogen) atoms. The topological polar surface area (TPSA) is 142 Å². The van der Waals surface area contributed by atoms with Crippen LogP contribution in [-0.4, -0.2) is 86.1 Å². The average molecular weight is 889 g/mol. The Hall–Kier alpha value is -3.31. The van der Waals surface area contributed by atoms with E-state index in [2.05, 4.69) is 52.0 Å². The normalized spacial score (nSPS) is 14.7. The summed E-state index contributed by atoms with van der Waals surface area (Å²) >= 11 is 0. The number of quaternary nitrogens is 1. The fraction of sp³-hybridized carbons (Fsp3) is 0.640. The van der Waals surface area contributed by atoms with Gasteiger partial charge in [0, 0.05) is 25.7 Å². The molecule has 0 saturated heterocycles. The van der Waals surface area contributed by atoms with Crippen molar-refractivity contribution in [3.8, 4) is 0 Å². The first-order valence-electron chi connectivity index (χ1n) is 23.1. The monoisotopic (exact) mass is 889 g/mol. The molecule has 0 fully saturated rings. The molecule has 12 heteroatoms. The number of allylic oxidation sites excluding steroid dienone is 10. The summed E-state index contributed by atoms with van der Waals surface area (Å²) in [5.74, 6) is 1.34. The summed E-state index contributed by atoms with van der Waals surface area (Å²) in [6, 6.07) is 0. The van der Waals surface area contributed by atoms with Crippen molar-refractivity contribution in [3.05, 3.63) is 95.6 Å². The van der Waals surface area contributed by atoms with Gasteiger partial charge in [0.2, 0.25) is 0 Å². The summed E-state index contributed by atoms with van der Waals surface area (Å²) < 4.78 is 40.4. The fourth-order valence-electron chi connectivity index (χ4n) is 6.17. The number of aryl methyl sites for hydroxylation is 2. The second-order valence-corrected chi connectivity index (χ2v) is 18.3. The summed E-state index contributed by atoms with van der Waals surface area (Å²) in [5, 5.41) is 9.86. The van der Waals surface area contributed by atoms with Crippen LogP contribution in [0.2, 0.25) is 0 Å². The smallest absolute Gasteiger partial charge is 0.466 e. The highest BCUT2D eigenvalue weighted by molar-refractivity contribution is 7.47. The molecule has 352 valence electrons. The van der Waals surface area contributed by atoms with Crippen LogP contribution in [0.25, 0.3) is 0 Å². The zero-order chi connectivity index (χ0) is 45.9. The van der Waals surface area contributed by atoms with Gasteiger partial charge in [-0.05, 0) is 82.8 Å². The van der Waals surface area contributed by atoms with Crippen LogP contribution in [0.4, 0.5) is 0 Å². The summed E-state index contributed by atoms with van der Waals surface area (Å²) in [6.07, 6.45) is 38.6. The van der Waals surface area contributed by atoms with Crippen molar-refractivity contribution in [1.82, 2.24) is 0 Å². The van der Waals surface area contributed by atoms with Crippen molar-refractivity contribution >= 4 is 19.8 Å². The molecule has 1 heterocycles. The lowest BCUT2D eigenvalue weighted by Gasteiger charge is -2.24. The quantitative estimate of drug-likeness (QED) is 0.0166. The van der Waals surface area contributed by atoms with E-state index in [-0.39, 0.29) is 26.1 Å². The molecule has 0 bridgehead atoms. The SMILES string of the molecule is CC/C=C\CC(O)/C=C/C=C/C/C=C\C/C=C\C/C=C\CCC(=O)O[C@H](COC(=O)CCCCCCCCCCc1oc(CCC)c(C)c1C)COP(=O)(O)OCC[N+](C)(C)C. The van der Waals surface area contributed by atoms with E-state index in [0.717, 1.165) is 88.6 Å². The van der Waals surface area contributed by atoms with Gasteiger partial charge < -0.3 is 28.4 Å². The van der Waals surface area contributed by atoms with Crippen LogP contribution in [-0.2, 0) is 45.5 Å². The standard InChI is InChI=1S/C50H82NO10P/c1-8-10-28-34-45(52)35-29-24-20-16-14-12-11-13-15-17-23-27-32-38-50(54)60-46(42-59-62(55,56)58-40-39-51(5,6)7)41-57-49(53)37-31-26-22-19-18-21-25-30-36-48-44(4)43(3)47(61-48)33-9-2/h10,12-15,20,23-24,27-29,35,45-46,52H,8-9,11,16-19,21-22,25-26,30-34,36-42H2,1-7H3/p+1/b14-12-,15-13-,24-20+,27-23-,28-10-,35-29+/t45?,46-/m1/s1. The molecule has 1 aromatic rings. The van der Waals surface area contributed by atoms with E-state index in [1.165, 1.54) is 24.0 Å². The third-order valence-electron chi connectivity index (χ3n) is 10.0. The Kier molecular flexibility index (Phi) is 32.1. The molecule has 2 N–H and O–H groups in total. The van der Waals surface area contributed by atoms with Crippen LogP contribution in [0, 0.1) is 13.8 Å². The van der Waals surface area contributed by atoms with E-state index in [0.29, 0.717) is 30.3 Å². The zero-order valence-electron chi connectivity index (χ0n) is 39.4. The van der Waals surface area contributed by atoms with Crippen LogP contribution >= 0.6 is 7.82 Å². The molecule has 1 aromatic heterocycles. The van der Waals surface area contributed by atoms with E-state index in [4.69, 9.17) is 22.9 Å². The number of likely N-dealkylation sites (N-methyl/N-ethyl adjacent to an activating group) is 1. The number of carbonyl (C=O) groups excluding carboxylic acids is 2. The van der Waals surface area contributed by atoms with E-state index >= 15 is 0 Å². The minimum atomic E-state index is -4.42. The number of nitrogens with zero attached hydrogens (tertiary/aromatic N) is 1. The molecule has 0 spiro atoms. The maximum atomic E-state index is 12.7. The number of ether oxygens (including phenoxy) is 2. The van der Waals surface area contributed by atoms with Gasteiger partial charge in [-0.3, -0.25) is 18.6 Å². The maximum Gasteiger partial charge on any atom is 0.472 e. The second kappa shape index (κ2) is 35.1. The number of esters is 2. The number of furan rings is 1. The number of aliphatic hydroxyl groups excluding tert-OH is 1. The lowest BCUT2D eigenvalue weighted by atomic mass is 10.0. The van der Waals surface area contributed by atoms with E-state index in [1.807, 2.05) is 63.7 Å². The van der Waals surface area contributed by atoms with Crippen LogP contribution in [0.1, 0.15) is 146 Å². The van der Waals surface area contributed by atoms with Gasteiger partial charge in [0.05, 0.1) is 33.9 Å². The maximum absolute atomic E-state index is 12.7. The molecule has 0 aliphatic rings. The van der Waals surface area contributed by atoms with Crippen LogP contribution in [0.15, 0.2) is 77.3 Å². The van der Waals surface area contributed by atoms with Gasteiger partial charge >= 0.3 is 19.8 Å². The highest BCUT2D eigenvalue weighted by atomic mass is 31.2. The zero-order valence-corrected chi connectivity index (χ0v) is 40.3. The molecule has 0 saturated carbocycles. The minimum absolute atomic E-state index is 0.000670. The first-order chi connectivity index (χ1) is 29.7. The van der Waals surface area contributed by atoms with Crippen LogP contribution in [0.3, 0.4) is 0 Å². The third-order valence-corrected chi connectivity index (χ3v) is 11.0. The molecule has 0 aliphatic carbocycles. The van der Waals surface area contributed by atoms with Crippen molar-refractivity contribution in [1.29, 1.82) is 0 Å². The fourth-order valence-corrected chi connectivity index (χ4v) is 6.91. The van der Waals surface area contributed by atoms with Crippen LogP contribution in [0.5, 0.6) is 0 Å². The molecule has 2 unspecified atom stereocenters. The lowest BCUT2D eigenvalue weighted by Crippen LogP contribution is -2.37. The molecular formula is C50H83NO10P+. The lowest BCUT2D eigenvalue weighted by molar-refractivity contribution is -0.870. The van der Waals surface area contributed by atoms with Crippen molar-refractivity contribution in [2.24, 2.45) is 0 Å². The number of rotatable bonds is 37. The van der Waals surface area contributed by atoms with Crippen LogP contribution < -0.4 is 0 Å². The number of unbranched alkanes of at least 4 members (excludes halogenated alkanes) is 7.